The molecule has 0 aliphatic heterocycles. The SMILES string of the molecule is COc1nc(C)[nH]c(=O)c1N. The van der Waals surface area contributed by atoms with Crippen molar-refractivity contribution in [3.63, 3.8) is 0 Å². The molecule has 0 aliphatic carbocycles. The van der Waals surface area contributed by atoms with Crippen LogP contribution in [-0.4, -0.2) is 17.1 Å². The number of nitrogen functional groups attached to an aromatic ring is 1. The van der Waals surface area contributed by atoms with Crippen LogP contribution < -0.4 is 16.0 Å². The van der Waals surface area contributed by atoms with Gasteiger partial charge in [-0.1, -0.05) is 0 Å². The van der Waals surface area contributed by atoms with Crippen LogP contribution >= 0.6 is 0 Å². The van der Waals surface area contributed by atoms with E-state index in [-0.39, 0.29) is 17.1 Å². The largest absolute Gasteiger partial charge is 0.479 e. The van der Waals surface area contributed by atoms with Gasteiger partial charge in [0.15, 0.2) is 5.69 Å². The zero-order chi connectivity index (χ0) is 8.43. The summed E-state index contributed by atoms with van der Waals surface area (Å²) in [4.78, 5) is 17.2. The molecule has 5 heteroatoms. The fourth-order valence-corrected chi connectivity index (χ4v) is 0.725. The molecule has 1 aromatic heterocycles. The quantitative estimate of drug-likeness (QED) is 0.581. The first-order chi connectivity index (χ1) is 5.15. The molecule has 1 aromatic rings. The molecule has 3 N–H and O–H groups in total. The van der Waals surface area contributed by atoms with Crippen LogP contribution in [0.1, 0.15) is 5.82 Å². The Morgan fingerprint density at radius 2 is 2.27 bits per heavy atom. The number of anilines is 1. The Balaban J connectivity index is 3.36. The van der Waals surface area contributed by atoms with Crippen molar-refractivity contribution >= 4 is 5.69 Å². The Bertz CT molecular complexity index is 318. The molecule has 0 saturated carbocycles. The summed E-state index contributed by atoms with van der Waals surface area (Å²) >= 11 is 0. The van der Waals surface area contributed by atoms with Gasteiger partial charge in [-0.25, -0.2) is 0 Å². The Hall–Kier alpha value is -1.52. The van der Waals surface area contributed by atoms with Crippen molar-refractivity contribution in [2.24, 2.45) is 0 Å². The number of ether oxygens (including phenoxy) is 1. The maximum atomic E-state index is 10.9. The van der Waals surface area contributed by atoms with Crippen molar-refractivity contribution in [1.82, 2.24) is 9.97 Å². The molecule has 5 nitrogen and oxygen atoms in total. The van der Waals surface area contributed by atoms with Gasteiger partial charge >= 0.3 is 0 Å². The fraction of sp³-hybridized carbons (Fsp3) is 0.333. The second-order valence-electron chi connectivity index (χ2n) is 2.07. The molecule has 11 heavy (non-hydrogen) atoms. The molecule has 0 aliphatic rings. The third-order valence-corrected chi connectivity index (χ3v) is 1.23. The van der Waals surface area contributed by atoms with Crippen LogP contribution in [0.25, 0.3) is 0 Å². The van der Waals surface area contributed by atoms with Crippen molar-refractivity contribution in [2.45, 2.75) is 6.92 Å². The second-order valence-corrected chi connectivity index (χ2v) is 2.07. The maximum Gasteiger partial charge on any atom is 0.278 e. The third-order valence-electron chi connectivity index (χ3n) is 1.23. The highest BCUT2D eigenvalue weighted by atomic mass is 16.5. The smallest absolute Gasteiger partial charge is 0.278 e. The molecule has 0 bridgehead atoms. The van der Waals surface area contributed by atoms with E-state index < -0.39 is 0 Å². The minimum Gasteiger partial charge on any atom is -0.479 e. The van der Waals surface area contributed by atoms with Gasteiger partial charge in [0.1, 0.15) is 5.82 Å². The number of hydrogen-bond acceptors (Lipinski definition) is 4. The number of methoxy groups -OCH3 is 1. The number of aromatic amines is 1. The van der Waals surface area contributed by atoms with E-state index in [1.165, 1.54) is 7.11 Å². The number of hydrogen-bond donors (Lipinski definition) is 2. The lowest BCUT2D eigenvalue weighted by atomic mass is 10.5. The van der Waals surface area contributed by atoms with Crippen LogP contribution in [0, 0.1) is 6.92 Å². The molecular formula is C6H9N3O2. The molecule has 0 aromatic carbocycles. The highest BCUT2D eigenvalue weighted by Crippen LogP contribution is 2.10. The van der Waals surface area contributed by atoms with Gasteiger partial charge in [0, 0.05) is 0 Å². The van der Waals surface area contributed by atoms with E-state index >= 15 is 0 Å². The summed E-state index contributed by atoms with van der Waals surface area (Å²) in [5, 5.41) is 0. The lowest BCUT2D eigenvalue weighted by Crippen LogP contribution is -2.15. The average molecular weight is 155 g/mol. The van der Waals surface area contributed by atoms with Crippen LogP contribution in [-0.2, 0) is 0 Å². The number of H-pyrrole nitrogens is 1. The van der Waals surface area contributed by atoms with Crippen LogP contribution in [0.2, 0.25) is 0 Å². The molecule has 60 valence electrons. The van der Waals surface area contributed by atoms with E-state index in [1.54, 1.807) is 6.92 Å². The van der Waals surface area contributed by atoms with E-state index in [0.717, 1.165) is 0 Å². The lowest BCUT2D eigenvalue weighted by Gasteiger charge is -2.01. The van der Waals surface area contributed by atoms with Gasteiger partial charge in [-0.3, -0.25) is 4.79 Å². The van der Waals surface area contributed by atoms with Crippen molar-refractivity contribution in [2.75, 3.05) is 12.8 Å². The minimum atomic E-state index is -0.366. The normalized spacial score (nSPS) is 9.64. The standard InChI is InChI=1S/C6H9N3O2/c1-3-8-5(10)4(7)6(9-3)11-2/h7H2,1-2H3,(H,8,9,10). The predicted molar refractivity (Wildman–Crippen MR) is 40.6 cm³/mol. The number of nitrogens with zero attached hydrogens (tertiary/aromatic N) is 1. The number of aromatic nitrogens is 2. The van der Waals surface area contributed by atoms with Crippen LogP contribution in [0.3, 0.4) is 0 Å². The first-order valence-corrected chi connectivity index (χ1v) is 3.05. The zero-order valence-electron chi connectivity index (χ0n) is 6.34. The van der Waals surface area contributed by atoms with Gasteiger partial charge in [0.05, 0.1) is 7.11 Å². The van der Waals surface area contributed by atoms with Crippen molar-refractivity contribution in [3.8, 4) is 5.88 Å². The van der Waals surface area contributed by atoms with E-state index in [2.05, 4.69) is 9.97 Å². The Labute approximate surface area is 63.2 Å². The molecule has 0 amide bonds. The maximum absolute atomic E-state index is 10.9. The number of nitrogens with one attached hydrogen (secondary N) is 1. The fourth-order valence-electron chi connectivity index (χ4n) is 0.725. The molecule has 0 atom stereocenters. The van der Waals surface area contributed by atoms with Crippen molar-refractivity contribution < 1.29 is 4.74 Å². The zero-order valence-corrected chi connectivity index (χ0v) is 6.34. The molecule has 0 fully saturated rings. The van der Waals surface area contributed by atoms with Gasteiger partial charge < -0.3 is 15.5 Å². The van der Waals surface area contributed by atoms with Gasteiger partial charge in [-0.2, -0.15) is 4.98 Å². The first kappa shape index (κ1) is 7.59. The predicted octanol–water partition coefficient (Wildman–Crippen LogP) is -0.331. The highest BCUT2D eigenvalue weighted by molar-refractivity contribution is 5.45. The molecule has 1 heterocycles. The first-order valence-electron chi connectivity index (χ1n) is 3.05. The van der Waals surface area contributed by atoms with E-state index in [1.807, 2.05) is 0 Å². The Kier molecular flexibility index (Phi) is 1.80. The number of aryl methyl sites for hydroxylation is 1. The molecule has 0 saturated heterocycles. The van der Waals surface area contributed by atoms with Crippen molar-refractivity contribution in [1.29, 1.82) is 0 Å². The average Bonchev–Trinajstić information content (AvgIpc) is 1.96. The lowest BCUT2D eigenvalue weighted by molar-refractivity contribution is 0.397. The van der Waals surface area contributed by atoms with Crippen LogP contribution in [0.5, 0.6) is 5.88 Å². The highest BCUT2D eigenvalue weighted by Gasteiger charge is 2.04. The van der Waals surface area contributed by atoms with Gasteiger partial charge in [0.25, 0.3) is 5.56 Å². The number of nitrogens with two attached hydrogens (primary N) is 1. The Morgan fingerprint density at radius 3 is 2.82 bits per heavy atom. The van der Waals surface area contributed by atoms with Crippen LogP contribution in [0.15, 0.2) is 4.79 Å². The monoisotopic (exact) mass is 155 g/mol. The molecular weight excluding hydrogens is 146 g/mol. The summed E-state index contributed by atoms with van der Waals surface area (Å²) in [6, 6.07) is 0. The summed E-state index contributed by atoms with van der Waals surface area (Å²) in [5.41, 5.74) is 4.98. The Morgan fingerprint density at radius 1 is 1.64 bits per heavy atom. The molecule has 0 spiro atoms. The topological polar surface area (TPSA) is 81.0 Å². The van der Waals surface area contributed by atoms with Gasteiger partial charge in [-0.15, -0.1) is 0 Å². The minimum absolute atomic E-state index is 0.0121. The third kappa shape index (κ3) is 1.31. The van der Waals surface area contributed by atoms with Gasteiger partial charge in [-0.05, 0) is 6.92 Å². The van der Waals surface area contributed by atoms with Crippen molar-refractivity contribution in [3.05, 3.63) is 16.2 Å². The van der Waals surface area contributed by atoms with Gasteiger partial charge in [0.2, 0.25) is 5.88 Å². The number of rotatable bonds is 1. The van der Waals surface area contributed by atoms with E-state index in [4.69, 9.17) is 10.5 Å². The second kappa shape index (κ2) is 2.61. The summed E-state index contributed by atoms with van der Waals surface area (Å²) in [5.74, 6) is 0.660. The summed E-state index contributed by atoms with van der Waals surface area (Å²) < 4.78 is 4.75. The molecule has 0 radical (unpaired) electrons. The summed E-state index contributed by atoms with van der Waals surface area (Å²) in [6.45, 7) is 1.66. The van der Waals surface area contributed by atoms with E-state index in [0.29, 0.717) is 5.82 Å². The van der Waals surface area contributed by atoms with E-state index in [9.17, 15) is 4.79 Å². The summed E-state index contributed by atoms with van der Waals surface area (Å²) in [6.07, 6.45) is 0. The molecule has 1 rings (SSSR count). The summed E-state index contributed by atoms with van der Waals surface area (Å²) in [7, 11) is 1.41. The van der Waals surface area contributed by atoms with Crippen LogP contribution in [0.4, 0.5) is 5.69 Å². The molecule has 0 unspecified atom stereocenters.